The van der Waals surface area contributed by atoms with Gasteiger partial charge < -0.3 is 14.5 Å². The molecule has 0 spiro atoms. The fourth-order valence-electron chi connectivity index (χ4n) is 2.99. The SMILES string of the molecule is CCn1nccc1C=CC(=O)N1CCN(c2ccc(OC)cc2)CC1. The van der Waals surface area contributed by atoms with Crippen LogP contribution in [0.15, 0.2) is 42.6 Å². The summed E-state index contributed by atoms with van der Waals surface area (Å²) in [6.07, 6.45) is 5.24. The molecular weight excluding hydrogens is 316 g/mol. The number of carbonyl (C=O) groups is 1. The van der Waals surface area contributed by atoms with Crippen LogP contribution in [-0.4, -0.2) is 53.9 Å². The summed E-state index contributed by atoms with van der Waals surface area (Å²) < 4.78 is 7.06. The number of aryl methyl sites for hydroxylation is 1. The second-order valence-electron chi connectivity index (χ2n) is 5.92. The van der Waals surface area contributed by atoms with E-state index in [1.807, 2.05) is 40.8 Å². The molecule has 0 N–H and O–H groups in total. The summed E-state index contributed by atoms with van der Waals surface area (Å²) in [5.74, 6) is 0.909. The van der Waals surface area contributed by atoms with Gasteiger partial charge in [0.2, 0.25) is 5.91 Å². The van der Waals surface area contributed by atoms with E-state index in [-0.39, 0.29) is 5.91 Å². The van der Waals surface area contributed by atoms with Crippen LogP contribution in [0.3, 0.4) is 0 Å². The number of benzene rings is 1. The van der Waals surface area contributed by atoms with E-state index in [0.29, 0.717) is 0 Å². The third kappa shape index (κ3) is 4.02. The van der Waals surface area contributed by atoms with E-state index in [0.717, 1.165) is 49.9 Å². The Balaban J connectivity index is 1.55. The molecule has 0 radical (unpaired) electrons. The van der Waals surface area contributed by atoms with Crippen molar-refractivity contribution in [3.05, 3.63) is 48.3 Å². The van der Waals surface area contributed by atoms with E-state index >= 15 is 0 Å². The fraction of sp³-hybridized carbons (Fsp3) is 0.368. The maximum atomic E-state index is 12.4. The standard InChI is InChI=1S/C19H24N4O2/c1-3-23-17(10-11-20-23)6-9-19(24)22-14-12-21(13-15-22)16-4-7-18(25-2)8-5-16/h4-11H,3,12-15H2,1-2H3. The Hall–Kier alpha value is -2.76. The lowest BCUT2D eigenvalue weighted by molar-refractivity contribution is -0.126. The van der Waals surface area contributed by atoms with E-state index in [2.05, 4.69) is 22.1 Å². The quantitative estimate of drug-likeness (QED) is 0.784. The number of nitrogens with zero attached hydrogens (tertiary/aromatic N) is 4. The molecule has 0 atom stereocenters. The van der Waals surface area contributed by atoms with E-state index in [1.54, 1.807) is 19.4 Å². The second-order valence-corrected chi connectivity index (χ2v) is 5.92. The molecule has 1 aliphatic heterocycles. The lowest BCUT2D eigenvalue weighted by atomic mass is 10.2. The van der Waals surface area contributed by atoms with Crippen LogP contribution >= 0.6 is 0 Å². The highest BCUT2D eigenvalue weighted by atomic mass is 16.5. The van der Waals surface area contributed by atoms with Crippen LogP contribution < -0.4 is 9.64 Å². The topological polar surface area (TPSA) is 50.6 Å². The molecule has 2 aromatic rings. The number of amides is 1. The Bertz CT molecular complexity index is 728. The van der Waals surface area contributed by atoms with Crippen LogP contribution in [0, 0.1) is 0 Å². The van der Waals surface area contributed by atoms with E-state index < -0.39 is 0 Å². The number of anilines is 1. The summed E-state index contributed by atoms with van der Waals surface area (Å²) in [7, 11) is 1.67. The van der Waals surface area contributed by atoms with Crippen molar-refractivity contribution in [2.45, 2.75) is 13.5 Å². The number of hydrogen-bond acceptors (Lipinski definition) is 4. The Morgan fingerprint density at radius 1 is 1.16 bits per heavy atom. The molecule has 6 nitrogen and oxygen atoms in total. The minimum absolute atomic E-state index is 0.0539. The number of rotatable bonds is 5. The molecular formula is C19H24N4O2. The van der Waals surface area contributed by atoms with E-state index in [9.17, 15) is 4.79 Å². The van der Waals surface area contributed by atoms with Crippen LogP contribution in [0.5, 0.6) is 5.75 Å². The van der Waals surface area contributed by atoms with Crippen molar-refractivity contribution in [1.29, 1.82) is 0 Å². The maximum Gasteiger partial charge on any atom is 0.246 e. The highest BCUT2D eigenvalue weighted by molar-refractivity contribution is 5.91. The molecule has 25 heavy (non-hydrogen) atoms. The van der Waals surface area contributed by atoms with Gasteiger partial charge in [-0.25, -0.2) is 0 Å². The monoisotopic (exact) mass is 340 g/mol. The van der Waals surface area contributed by atoms with E-state index in [4.69, 9.17) is 4.74 Å². The number of piperazine rings is 1. The van der Waals surface area contributed by atoms with Gasteiger partial charge in [-0.1, -0.05) is 0 Å². The molecule has 0 saturated carbocycles. The molecule has 1 aromatic heterocycles. The van der Waals surface area contributed by atoms with Crippen molar-refractivity contribution >= 4 is 17.7 Å². The second kappa shape index (κ2) is 7.88. The van der Waals surface area contributed by atoms with Crippen LogP contribution in [0.25, 0.3) is 6.08 Å². The first kappa shape index (κ1) is 17.1. The summed E-state index contributed by atoms with van der Waals surface area (Å²) in [5.41, 5.74) is 2.11. The first-order valence-corrected chi connectivity index (χ1v) is 8.59. The van der Waals surface area contributed by atoms with Crippen LogP contribution in [0.4, 0.5) is 5.69 Å². The molecule has 1 saturated heterocycles. The molecule has 3 rings (SSSR count). The first-order valence-electron chi connectivity index (χ1n) is 8.59. The first-order chi connectivity index (χ1) is 12.2. The average molecular weight is 340 g/mol. The summed E-state index contributed by atoms with van der Waals surface area (Å²) in [4.78, 5) is 16.6. The lowest BCUT2D eigenvalue weighted by Crippen LogP contribution is -2.48. The number of carbonyl (C=O) groups excluding carboxylic acids is 1. The lowest BCUT2D eigenvalue weighted by Gasteiger charge is -2.35. The molecule has 1 amide bonds. The Morgan fingerprint density at radius 3 is 2.52 bits per heavy atom. The van der Waals surface area contributed by atoms with Gasteiger partial charge in [0.15, 0.2) is 0 Å². The Labute approximate surface area is 148 Å². The Kier molecular flexibility index (Phi) is 5.38. The van der Waals surface area contributed by atoms with Gasteiger partial charge in [0.05, 0.1) is 12.8 Å². The third-order valence-corrected chi connectivity index (χ3v) is 4.47. The van der Waals surface area contributed by atoms with Crippen molar-refractivity contribution in [3.63, 3.8) is 0 Å². The van der Waals surface area contributed by atoms with Gasteiger partial charge in [0.25, 0.3) is 0 Å². The van der Waals surface area contributed by atoms with Gasteiger partial charge in [-0.15, -0.1) is 0 Å². The van der Waals surface area contributed by atoms with Crippen molar-refractivity contribution in [2.24, 2.45) is 0 Å². The van der Waals surface area contributed by atoms with E-state index in [1.165, 1.54) is 0 Å². The fourth-order valence-corrected chi connectivity index (χ4v) is 2.99. The molecule has 1 fully saturated rings. The number of aromatic nitrogens is 2. The largest absolute Gasteiger partial charge is 0.497 e. The highest BCUT2D eigenvalue weighted by Gasteiger charge is 2.19. The molecule has 1 aromatic carbocycles. The molecule has 0 bridgehead atoms. The van der Waals surface area contributed by atoms with Gasteiger partial charge in [-0.2, -0.15) is 5.10 Å². The summed E-state index contributed by atoms with van der Waals surface area (Å²) >= 11 is 0. The highest BCUT2D eigenvalue weighted by Crippen LogP contribution is 2.20. The van der Waals surface area contributed by atoms with Crippen molar-refractivity contribution < 1.29 is 9.53 Å². The smallest absolute Gasteiger partial charge is 0.246 e. The summed E-state index contributed by atoms with van der Waals surface area (Å²) in [6.45, 7) is 5.94. The third-order valence-electron chi connectivity index (χ3n) is 4.47. The molecule has 2 heterocycles. The van der Waals surface area contributed by atoms with Gasteiger partial charge in [-0.3, -0.25) is 9.48 Å². The molecule has 1 aliphatic rings. The normalized spacial score (nSPS) is 15.0. The zero-order chi connectivity index (χ0) is 17.6. The minimum atomic E-state index is 0.0539. The molecule has 0 aliphatic carbocycles. The van der Waals surface area contributed by atoms with Gasteiger partial charge in [-0.05, 0) is 43.3 Å². The van der Waals surface area contributed by atoms with Crippen LogP contribution in [0.2, 0.25) is 0 Å². The average Bonchev–Trinajstić information content (AvgIpc) is 3.14. The van der Waals surface area contributed by atoms with Gasteiger partial charge >= 0.3 is 0 Å². The summed E-state index contributed by atoms with van der Waals surface area (Å²) in [6, 6.07) is 9.96. The summed E-state index contributed by atoms with van der Waals surface area (Å²) in [5, 5.41) is 4.21. The van der Waals surface area contributed by atoms with Crippen LogP contribution in [0.1, 0.15) is 12.6 Å². The number of methoxy groups -OCH3 is 1. The minimum Gasteiger partial charge on any atom is -0.497 e. The van der Waals surface area contributed by atoms with Gasteiger partial charge in [0, 0.05) is 50.7 Å². The van der Waals surface area contributed by atoms with Crippen LogP contribution in [-0.2, 0) is 11.3 Å². The van der Waals surface area contributed by atoms with Gasteiger partial charge in [0.1, 0.15) is 5.75 Å². The maximum absolute atomic E-state index is 12.4. The predicted molar refractivity (Wildman–Crippen MR) is 98.7 cm³/mol. The van der Waals surface area contributed by atoms with Crippen molar-refractivity contribution in [1.82, 2.24) is 14.7 Å². The predicted octanol–water partition coefficient (Wildman–Crippen LogP) is 2.27. The van der Waals surface area contributed by atoms with Crippen molar-refractivity contribution in [2.75, 3.05) is 38.2 Å². The molecule has 0 unspecified atom stereocenters. The molecule has 6 heteroatoms. The Morgan fingerprint density at radius 2 is 1.88 bits per heavy atom. The zero-order valence-corrected chi connectivity index (χ0v) is 14.8. The zero-order valence-electron chi connectivity index (χ0n) is 14.8. The molecule has 132 valence electrons. The number of ether oxygens (including phenoxy) is 1. The van der Waals surface area contributed by atoms with Crippen molar-refractivity contribution in [3.8, 4) is 5.75 Å². The number of hydrogen-bond donors (Lipinski definition) is 0.